The fourth-order valence-corrected chi connectivity index (χ4v) is 3.28. The molecule has 6 heteroatoms. The molecule has 1 N–H and O–H groups in total. The molecule has 0 radical (unpaired) electrons. The van der Waals surface area contributed by atoms with E-state index in [4.69, 9.17) is 4.74 Å². The molecule has 2 amide bonds. The summed E-state index contributed by atoms with van der Waals surface area (Å²) < 4.78 is 5.58. The van der Waals surface area contributed by atoms with Crippen LogP contribution in [0.5, 0.6) is 0 Å². The van der Waals surface area contributed by atoms with Gasteiger partial charge in [-0.1, -0.05) is 12.1 Å². The van der Waals surface area contributed by atoms with Gasteiger partial charge in [0.2, 0.25) is 5.91 Å². The van der Waals surface area contributed by atoms with Crippen LogP contribution >= 0.6 is 0 Å². The van der Waals surface area contributed by atoms with Crippen LogP contribution in [0.2, 0.25) is 0 Å². The summed E-state index contributed by atoms with van der Waals surface area (Å²) in [6, 6.07) is 7.60. The normalized spacial score (nSPS) is 13.2. The summed E-state index contributed by atoms with van der Waals surface area (Å²) >= 11 is 0. The molecular weight excluding hydrogens is 330 g/mol. The lowest BCUT2D eigenvalue weighted by atomic mass is 9.96. The highest BCUT2D eigenvalue weighted by molar-refractivity contribution is 5.99. The van der Waals surface area contributed by atoms with Crippen molar-refractivity contribution in [1.82, 2.24) is 4.98 Å². The van der Waals surface area contributed by atoms with Gasteiger partial charge in [0, 0.05) is 31.5 Å². The second kappa shape index (κ2) is 8.10. The molecule has 2 aromatic rings. The van der Waals surface area contributed by atoms with Crippen LogP contribution in [0.15, 0.2) is 36.7 Å². The molecule has 0 spiro atoms. The summed E-state index contributed by atoms with van der Waals surface area (Å²) in [4.78, 5) is 30.0. The van der Waals surface area contributed by atoms with E-state index in [0.717, 1.165) is 40.9 Å². The zero-order valence-electron chi connectivity index (χ0n) is 15.1. The van der Waals surface area contributed by atoms with E-state index >= 15 is 0 Å². The largest absolute Gasteiger partial charge is 0.367 e. The first kappa shape index (κ1) is 18.1. The summed E-state index contributed by atoms with van der Waals surface area (Å²) in [5.74, 6) is -0.183. The van der Waals surface area contributed by atoms with Gasteiger partial charge in [-0.2, -0.15) is 0 Å². The molecule has 0 saturated heterocycles. The maximum Gasteiger partial charge on any atom is 0.253 e. The number of nitrogens with one attached hydrogen (secondary N) is 1. The van der Waals surface area contributed by atoms with Crippen molar-refractivity contribution in [3.8, 4) is 0 Å². The summed E-state index contributed by atoms with van der Waals surface area (Å²) in [5.41, 5.74) is 4.66. The van der Waals surface area contributed by atoms with Crippen molar-refractivity contribution in [3.05, 3.63) is 53.3 Å². The molecule has 6 nitrogen and oxygen atoms in total. The van der Waals surface area contributed by atoms with Gasteiger partial charge < -0.3 is 15.0 Å². The van der Waals surface area contributed by atoms with Crippen LogP contribution in [0.1, 0.15) is 30.0 Å². The number of anilines is 2. The van der Waals surface area contributed by atoms with Gasteiger partial charge in [0.15, 0.2) is 0 Å². The van der Waals surface area contributed by atoms with Crippen LogP contribution in [0.3, 0.4) is 0 Å². The van der Waals surface area contributed by atoms with Crippen molar-refractivity contribution in [2.75, 3.05) is 23.4 Å². The van der Waals surface area contributed by atoms with E-state index in [9.17, 15) is 9.59 Å². The first-order valence-electron chi connectivity index (χ1n) is 8.73. The molecule has 1 aliphatic heterocycles. The van der Waals surface area contributed by atoms with Crippen molar-refractivity contribution in [3.63, 3.8) is 0 Å². The van der Waals surface area contributed by atoms with Crippen molar-refractivity contribution < 1.29 is 14.3 Å². The van der Waals surface area contributed by atoms with Crippen LogP contribution in [-0.2, 0) is 27.4 Å². The quantitative estimate of drug-likeness (QED) is 0.897. The Kier molecular flexibility index (Phi) is 5.63. The van der Waals surface area contributed by atoms with Crippen molar-refractivity contribution in [2.45, 2.75) is 33.3 Å². The minimum atomic E-state index is -0.112. The maximum atomic E-state index is 12.7. The number of benzene rings is 1. The van der Waals surface area contributed by atoms with Gasteiger partial charge in [0.25, 0.3) is 5.91 Å². The minimum absolute atomic E-state index is 0.0120. The van der Waals surface area contributed by atoms with Crippen molar-refractivity contribution >= 4 is 23.2 Å². The number of carbonyl (C=O) groups is 2. The second-order valence-electron chi connectivity index (χ2n) is 6.44. The molecule has 3 rings (SSSR count). The molecule has 1 aromatic carbocycles. The Morgan fingerprint density at radius 2 is 2.15 bits per heavy atom. The van der Waals surface area contributed by atoms with E-state index in [0.29, 0.717) is 13.2 Å². The number of rotatable bonds is 5. The number of pyridine rings is 1. The molecule has 136 valence electrons. The van der Waals surface area contributed by atoms with E-state index in [1.54, 1.807) is 17.3 Å². The van der Waals surface area contributed by atoms with Gasteiger partial charge >= 0.3 is 0 Å². The Labute approximate surface area is 153 Å². The molecule has 0 atom stereocenters. The molecule has 0 fully saturated rings. The lowest BCUT2D eigenvalue weighted by Gasteiger charge is -2.32. The Bertz CT molecular complexity index is 805. The van der Waals surface area contributed by atoms with Gasteiger partial charge in [0.05, 0.1) is 12.3 Å². The molecule has 1 aliphatic rings. The SMILES string of the molecule is CC(=O)Nc1ccc(C)c2c1CCCN2C(=O)COCc1cccnc1. The van der Waals surface area contributed by atoms with Crippen LogP contribution in [0.4, 0.5) is 11.4 Å². The van der Waals surface area contributed by atoms with Crippen LogP contribution in [0.25, 0.3) is 0 Å². The molecule has 0 aliphatic carbocycles. The van der Waals surface area contributed by atoms with E-state index < -0.39 is 0 Å². The minimum Gasteiger partial charge on any atom is -0.367 e. The summed E-state index contributed by atoms with van der Waals surface area (Å²) in [7, 11) is 0. The standard InChI is InChI=1S/C20H23N3O3/c1-14-7-8-18(22-15(2)24)17-6-4-10-23(20(14)17)19(25)13-26-12-16-5-3-9-21-11-16/h3,5,7-9,11H,4,6,10,12-13H2,1-2H3,(H,22,24). The number of aromatic nitrogens is 1. The zero-order valence-corrected chi connectivity index (χ0v) is 15.1. The Morgan fingerprint density at radius 1 is 1.31 bits per heavy atom. The topological polar surface area (TPSA) is 71.5 Å². The average molecular weight is 353 g/mol. The summed E-state index contributed by atoms with van der Waals surface area (Å²) in [5, 5.41) is 2.87. The predicted octanol–water partition coefficient (Wildman–Crippen LogP) is 2.84. The molecule has 1 aromatic heterocycles. The monoisotopic (exact) mass is 353 g/mol. The first-order valence-corrected chi connectivity index (χ1v) is 8.73. The summed E-state index contributed by atoms with van der Waals surface area (Å²) in [6.07, 6.45) is 5.13. The van der Waals surface area contributed by atoms with E-state index in [2.05, 4.69) is 10.3 Å². The first-order chi connectivity index (χ1) is 12.6. The number of aryl methyl sites for hydroxylation is 1. The molecule has 2 heterocycles. The lowest BCUT2D eigenvalue weighted by Crippen LogP contribution is -2.38. The third kappa shape index (κ3) is 4.08. The third-order valence-electron chi connectivity index (χ3n) is 4.39. The highest BCUT2D eigenvalue weighted by Gasteiger charge is 2.26. The Morgan fingerprint density at radius 3 is 2.88 bits per heavy atom. The van der Waals surface area contributed by atoms with Crippen LogP contribution < -0.4 is 10.2 Å². The van der Waals surface area contributed by atoms with Gasteiger partial charge in [-0.25, -0.2) is 0 Å². The van der Waals surface area contributed by atoms with Crippen molar-refractivity contribution in [2.24, 2.45) is 0 Å². The molecule has 26 heavy (non-hydrogen) atoms. The Hall–Kier alpha value is -2.73. The van der Waals surface area contributed by atoms with Gasteiger partial charge in [-0.05, 0) is 48.6 Å². The Balaban J connectivity index is 1.74. The number of amides is 2. The lowest BCUT2D eigenvalue weighted by molar-refractivity contribution is -0.123. The van der Waals surface area contributed by atoms with Gasteiger partial charge in [-0.3, -0.25) is 14.6 Å². The summed E-state index contributed by atoms with van der Waals surface area (Å²) in [6.45, 7) is 4.50. The highest BCUT2D eigenvalue weighted by Crippen LogP contribution is 2.36. The fraction of sp³-hybridized carbons (Fsp3) is 0.350. The number of hydrogen-bond donors (Lipinski definition) is 1. The average Bonchev–Trinajstić information content (AvgIpc) is 2.64. The molecular formula is C20H23N3O3. The van der Waals surface area contributed by atoms with Crippen molar-refractivity contribution in [1.29, 1.82) is 0 Å². The second-order valence-corrected chi connectivity index (χ2v) is 6.44. The highest BCUT2D eigenvalue weighted by atomic mass is 16.5. The molecule has 0 bridgehead atoms. The number of fused-ring (bicyclic) bond motifs is 1. The van der Waals surface area contributed by atoms with Gasteiger partial charge in [-0.15, -0.1) is 0 Å². The predicted molar refractivity (Wildman–Crippen MR) is 100 cm³/mol. The van der Waals surface area contributed by atoms with E-state index in [-0.39, 0.29) is 18.4 Å². The van der Waals surface area contributed by atoms with E-state index in [1.165, 1.54) is 6.92 Å². The van der Waals surface area contributed by atoms with Gasteiger partial charge in [0.1, 0.15) is 6.61 Å². The van der Waals surface area contributed by atoms with E-state index in [1.807, 2.05) is 31.2 Å². The maximum absolute atomic E-state index is 12.7. The fourth-order valence-electron chi connectivity index (χ4n) is 3.28. The molecule has 0 saturated carbocycles. The van der Waals surface area contributed by atoms with Crippen LogP contribution in [-0.4, -0.2) is 29.9 Å². The smallest absolute Gasteiger partial charge is 0.253 e. The zero-order chi connectivity index (χ0) is 18.5. The number of hydrogen-bond acceptors (Lipinski definition) is 4. The number of carbonyl (C=O) groups excluding carboxylic acids is 2. The van der Waals surface area contributed by atoms with Crippen LogP contribution in [0, 0.1) is 6.92 Å². The molecule has 0 unspecified atom stereocenters. The number of nitrogens with zero attached hydrogens (tertiary/aromatic N) is 2. The third-order valence-corrected chi connectivity index (χ3v) is 4.39. The number of ether oxygens (including phenoxy) is 1.